The third-order valence-corrected chi connectivity index (χ3v) is 2.49. The molecule has 2 aromatic carbocycles. The van der Waals surface area contributed by atoms with Crippen LogP contribution in [0.2, 0.25) is 0 Å². The summed E-state index contributed by atoms with van der Waals surface area (Å²) in [5, 5.41) is 0. The van der Waals surface area contributed by atoms with E-state index in [9.17, 15) is 4.39 Å². The molecule has 0 nitrogen and oxygen atoms in total. The van der Waals surface area contributed by atoms with Crippen molar-refractivity contribution in [2.75, 3.05) is 0 Å². The Morgan fingerprint density at radius 1 is 0.647 bits per heavy atom. The maximum atomic E-state index is 11.9. The van der Waals surface area contributed by atoms with Crippen LogP contribution in [0.15, 0.2) is 48.5 Å². The molecule has 0 heterocycles. The fourth-order valence-corrected chi connectivity index (χ4v) is 1.31. The Kier molecular flexibility index (Phi) is 5.41. The summed E-state index contributed by atoms with van der Waals surface area (Å²) < 4.78 is 11.9. The second kappa shape index (κ2) is 6.85. The minimum absolute atomic E-state index is 0.361. The number of aryl methyl sites for hydroxylation is 3. The summed E-state index contributed by atoms with van der Waals surface area (Å²) in [5.74, 6) is 0. The van der Waals surface area contributed by atoms with Gasteiger partial charge < -0.3 is 0 Å². The zero-order chi connectivity index (χ0) is 12.7. The lowest BCUT2D eigenvalue weighted by Crippen LogP contribution is -1.76. The fourth-order valence-electron chi connectivity index (χ4n) is 1.31. The Bertz CT molecular complexity index is 405. The highest BCUT2D eigenvalue weighted by Gasteiger charge is 1.87. The van der Waals surface area contributed by atoms with Crippen molar-refractivity contribution >= 4 is 0 Å². The van der Waals surface area contributed by atoms with Gasteiger partial charge in [-0.15, -0.1) is 0 Å². The van der Waals surface area contributed by atoms with Crippen LogP contribution in [-0.4, -0.2) is 0 Å². The molecule has 2 rings (SSSR count). The molecule has 17 heavy (non-hydrogen) atoms. The van der Waals surface area contributed by atoms with Crippen molar-refractivity contribution in [2.45, 2.75) is 27.4 Å². The molecule has 0 fully saturated rings. The van der Waals surface area contributed by atoms with Crippen LogP contribution in [0.25, 0.3) is 0 Å². The zero-order valence-corrected chi connectivity index (χ0v) is 10.7. The summed E-state index contributed by atoms with van der Waals surface area (Å²) in [5.41, 5.74) is 4.58. The lowest BCUT2D eigenvalue weighted by Gasteiger charge is -1.92. The van der Waals surface area contributed by atoms with E-state index in [2.05, 4.69) is 38.1 Å². The Labute approximate surface area is 103 Å². The number of halogens is 1. The maximum Gasteiger partial charge on any atom is 0.115 e. The van der Waals surface area contributed by atoms with Gasteiger partial charge in [0.15, 0.2) is 0 Å². The van der Waals surface area contributed by atoms with Crippen molar-refractivity contribution in [3.05, 3.63) is 70.8 Å². The minimum atomic E-state index is -0.361. The van der Waals surface area contributed by atoms with E-state index in [0.717, 1.165) is 5.56 Å². The van der Waals surface area contributed by atoms with E-state index < -0.39 is 0 Å². The highest BCUT2D eigenvalue weighted by Crippen LogP contribution is 2.03. The van der Waals surface area contributed by atoms with E-state index >= 15 is 0 Å². The summed E-state index contributed by atoms with van der Waals surface area (Å²) >= 11 is 0. The number of alkyl halides is 1. The molecule has 90 valence electrons. The number of hydrogen-bond acceptors (Lipinski definition) is 0. The van der Waals surface area contributed by atoms with Crippen LogP contribution in [0.5, 0.6) is 0 Å². The van der Waals surface area contributed by atoms with Crippen LogP contribution < -0.4 is 0 Å². The highest BCUT2D eigenvalue weighted by atomic mass is 19.1. The fraction of sp³-hybridized carbons (Fsp3) is 0.250. The molecule has 0 amide bonds. The Morgan fingerprint density at radius 2 is 0.941 bits per heavy atom. The van der Waals surface area contributed by atoms with Gasteiger partial charge in [-0.05, 0) is 26.3 Å². The summed E-state index contributed by atoms with van der Waals surface area (Å²) in [4.78, 5) is 0. The van der Waals surface area contributed by atoms with E-state index in [0.29, 0.717) is 0 Å². The van der Waals surface area contributed by atoms with Crippen molar-refractivity contribution in [3.63, 3.8) is 0 Å². The van der Waals surface area contributed by atoms with Crippen molar-refractivity contribution in [3.8, 4) is 0 Å². The molecule has 0 unspecified atom stereocenters. The monoisotopic (exact) mass is 230 g/mol. The molecule has 0 atom stereocenters. The summed E-state index contributed by atoms with van der Waals surface area (Å²) in [6, 6.07) is 15.9. The van der Waals surface area contributed by atoms with Gasteiger partial charge in [0.25, 0.3) is 0 Å². The molecule has 0 N–H and O–H groups in total. The Hall–Kier alpha value is -1.63. The van der Waals surface area contributed by atoms with Crippen molar-refractivity contribution in [1.82, 2.24) is 0 Å². The molecule has 0 spiro atoms. The van der Waals surface area contributed by atoms with E-state index in [1.807, 2.05) is 19.1 Å². The average molecular weight is 230 g/mol. The molecule has 0 aliphatic heterocycles. The van der Waals surface area contributed by atoms with Gasteiger partial charge in [-0.2, -0.15) is 0 Å². The summed E-state index contributed by atoms with van der Waals surface area (Å²) in [6.45, 7) is 5.82. The first-order valence-electron chi connectivity index (χ1n) is 5.76. The van der Waals surface area contributed by atoms with E-state index in [4.69, 9.17) is 0 Å². The molecule has 0 saturated heterocycles. The lowest BCUT2D eigenvalue weighted by atomic mass is 10.2. The average Bonchev–Trinajstić information content (AvgIpc) is 2.35. The first-order chi connectivity index (χ1) is 8.11. The maximum absolute atomic E-state index is 11.9. The van der Waals surface area contributed by atoms with E-state index in [1.165, 1.54) is 16.7 Å². The van der Waals surface area contributed by atoms with Gasteiger partial charge in [0, 0.05) is 0 Å². The molecule has 2 aromatic rings. The molecular formula is C16H19F. The standard InChI is InChI=1S/C8H9F.C8H10/c1-7-2-4-8(6-9)5-3-7;1-7-3-5-8(2)6-4-7/h2-5H,6H2,1H3;3-6H,1-2H3. The topological polar surface area (TPSA) is 0 Å². The summed E-state index contributed by atoms with van der Waals surface area (Å²) in [6.07, 6.45) is 0. The Balaban J connectivity index is 0.000000171. The predicted octanol–water partition coefficient (Wildman–Crippen LogP) is 4.77. The van der Waals surface area contributed by atoms with Crippen LogP contribution >= 0.6 is 0 Å². The van der Waals surface area contributed by atoms with Crippen LogP contribution in [0, 0.1) is 20.8 Å². The molecule has 0 aliphatic rings. The van der Waals surface area contributed by atoms with E-state index in [-0.39, 0.29) is 6.67 Å². The molecule has 0 radical (unpaired) electrons. The molecule has 0 aromatic heterocycles. The predicted molar refractivity (Wildman–Crippen MR) is 71.9 cm³/mol. The van der Waals surface area contributed by atoms with Crippen LogP contribution in [0.4, 0.5) is 4.39 Å². The molecule has 0 aliphatic carbocycles. The second-order valence-electron chi connectivity index (χ2n) is 4.27. The second-order valence-corrected chi connectivity index (χ2v) is 4.27. The molecular weight excluding hydrogens is 211 g/mol. The third kappa shape index (κ3) is 5.30. The van der Waals surface area contributed by atoms with Gasteiger partial charge in [0.05, 0.1) is 0 Å². The van der Waals surface area contributed by atoms with Crippen LogP contribution in [-0.2, 0) is 6.67 Å². The Morgan fingerprint density at radius 3 is 1.24 bits per heavy atom. The van der Waals surface area contributed by atoms with Crippen molar-refractivity contribution in [1.29, 1.82) is 0 Å². The SMILES string of the molecule is Cc1ccc(C)cc1.Cc1ccc(CF)cc1. The van der Waals surface area contributed by atoms with Crippen LogP contribution in [0.1, 0.15) is 22.3 Å². The number of benzene rings is 2. The van der Waals surface area contributed by atoms with Gasteiger partial charge in [-0.25, -0.2) is 4.39 Å². The largest absolute Gasteiger partial charge is 0.246 e. The summed E-state index contributed by atoms with van der Waals surface area (Å²) in [7, 11) is 0. The smallest absolute Gasteiger partial charge is 0.115 e. The van der Waals surface area contributed by atoms with E-state index in [1.54, 1.807) is 12.1 Å². The van der Waals surface area contributed by atoms with Gasteiger partial charge in [-0.3, -0.25) is 0 Å². The number of rotatable bonds is 1. The van der Waals surface area contributed by atoms with Crippen LogP contribution in [0.3, 0.4) is 0 Å². The first-order valence-corrected chi connectivity index (χ1v) is 5.76. The van der Waals surface area contributed by atoms with Gasteiger partial charge in [0.1, 0.15) is 6.67 Å². The van der Waals surface area contributed by atoms with Gasteiger partial charge in [-0.1, -0.05) is 65.2 Å². The highest BCUT2D eigenvalue weighted by molar-refractivity contribution is 5.20. The molecule has 0 bridgehead atoms. The number of hydrogen-bond donors (Lipinski definition) is 0. The normalized spacial score (nSPS) is 9.41. The van der Waals surface area contributed by atoms with Gasteiger partial charge >= 0.3 is 0 Å². The zero-order valence-electron chi connectivity index (χ0n) is 10.7. The molecule has 1 heteroatoms. The van der Waals surface area contributed by atoms with Crippen molar-refractivity contribution < 1.29 is 4.39 Å². The van der Waals surface area contributed by atoms with Crippen molar-refractivity contribution in [2.24, 2.45) is 0 Å². The molecule has 0 saturated carbocycles. The quantitative estimate of drug-likeness (QED) is 0.662. The first kappa shape index (κ1) is 13.4. The third-order valence-electron chi connectivity index (χ3n) is 2.49. The lowest BCUT2D eigenvalue weighted by molar-refractivity contribution is 0.485. The minimum Gasteiger partial charge on any atom is -0.246 e. The van der Waals surface area contributed by atoms with Gasteiger partial charge in [0.2, 0.25) is 0 Å².